The maximum absolute atomic E-state index is 6.41. The highest BCUT2D eigenvalue weighted by molar-refractivity contribution is 14.1. The van der Waals surface area contributed by atoms with Gasteiger partial charge in [0.2, 0.25) is 0 Å². The molecule has 0 amide bonds. The van der Waals surface area contributed by atoms with Gasteiger partial charge in [-0.25, -0.2) is 0 Å². The third-order valence-corrected chi connectivity index (χ3v) is 14.2. The molecule has 0 spiro atoms. The summed E-state index contributed by atoms with van der Waals surface area (Å²) in [7, 11) is -1.46. The van der Waals surface area contributed by atoms with Crippen LogP contribution < -0.4 is 5.32 Å². The molecule has 1 fully saturated rings. The van der Waals surface area contributed by atoms with Crippen LogP contribution in [0.15, 0.2) is 99.8 Å². The van der Waals surface area contributed by atoms with E-state index in [4.69, 9.17) is 9.47 Å². The Bertz CT molecular complexity index is 1080. The number of rotatable bonds is 12. The SMILES string of the molecule is C[Si](C)(C)/C(I)=C1/CC(COCc2ccccc2)(COCc2ccccc2)CC1NCc1ccccc1. The van der Waals surface area contributed by atoms with E-state index in [1.54, 1.807) is 8.78 Å². The van der Waals surface area contributed by atoms with E-state index in [-0.39, 0.29) is 5.41 Å². The molecule has 196 valence electrons. The zero-order valence-corrected chi connectivity index (χ0v) is 25.5. The Hall–Kier alpha value is -1.77. The fourth-order valence-corrected chi connectivity index (χ4v) is 6.87. The summed E-state index contributed by atoms with van der Waals surface area (Å²) in [6.45, 7) is 10.9. The number of hydrogen-bond donors (Lipinski definition) is 1. The minimum Gasteiger partial charge on any atom is -0.376 e. The second-order valence-corrected chi connectivity index (χ2v) is 18.4. The molecule has 4 rings (SSSR count). The molecular weight excluding hydrogens is 585 g/mol. The van der Waals surface area contributed by atoms with E-state index in [0.717, 1.165) is 19.4 Å². The van der Waals surface area contributed by atoms with Crippen LogP contribution in [0.1, 0.15) is 29.5 Å². The molecule has 37 heavy (non-hydrogen) atoms. The average Bonchev–Trinajstić information content (AvgIpc) is 3.26. The van der Waals surface area contributed by atoms with Gasteiger partial charge in [-0.2, -0.15) is 0 Å². The smallest absolute Gasteiger partial charge is 0.0854 e. The predicted octanol–water partition coefficient (Wildman–Crippen LogP) is 7.93. The molecule has 0 bridgehead atoms. The fourth-order valence-electron chi connectivity index (χ4n) is 5.08. The molecule has 1 atom stereocenters. The molecule has 1 aliphatic rings. The average molecular weight is 626 g/mol. The Morgan fingerprint density at radius 1 is 0.784 bits per heavy atom. The van der Waals surface area contributed by atoms with Crippen LogP contribution in [0, 0.1) is 5.41 Å². The predicted molar refractivity (Wildman–Crippen MR) is 165 cm³/mol. The molecular formula is C32H40INO2Si. The van der Waals surface area contributed by atoms with E-state index in [9.17, 15) is 0 Å². The van der Waals surface area contributed by atoms with Crippen LogP contribution in [0.4, 0.5) is 0 Å². The topological polar surface area (TPSA) is 30.5 Å². The number of halogens is 1. The minimum absolute atomic E-state index is 0.0523. The summed E-state index contributed by atoms with van der Waals surface area (Å²) in [6.07, 6.45) is 2.04. The molecule has 1 unspecified atom stereocenters. The number of benzene rings is 3. The molecule has 5 heteroatoms. The van der Waals surface area contributed by atoms with Gasteiger partial charge in [0.15, 0.2) is 0 Å². The third kappa shape index (κ3) is 8.36. The normalized spacial score (nSPS) is 18.6. The zero-order valence-electron chi connectivity index (χ0n) is 22.4. The van der Waals surface area contributed by atoms with Crippen LogP contribution >= 0.6 is 22.6 Å². The van der Waals surface area contributed by atoms with Crippen LogP contribution in [0.25, 0.3) is 0 Å². The molecule has 3 nitrogen and oxygen atoms in total. The summed E-state index contributed by atoms with van der Waals surface area (Å²) in [5.41, 5.74) is 5.27. The first-order valence-corrected chi connectivity index (χ1v) is 17.8. The minimum atomic E-state index is -1.46. The van der Waals surface area contributed by atoms with Crippen LogP contribution in [-0.4, -0.2) is 27.3 Å². The highest BCUT2D eigenvalue weighted by Crippen LogP contribution is 2.46. The van der Waals surface area contributed by atoms with E-state index in [1.165, 1.54) is 16.7 Å². The van der Waals surface area contributed by atoms with Crippen LogP contribution in [-0.2, 0) is 29.2 Å². The summed E-state index contributed by atoms with van der Waals surface area (Å²) >= 11 is 2.65. The van der Waals surface area contributed by atoms with Crippen molar-refractivity contribution in [2.45, 2.75) is 58.3 Å². The first-order valence-electron chi connectivity index (χ1n) is 13.2. The first kappa shape index (κ1) is 28.2. The van der Waals surface area contributed by atoms with E-state index in [1.807, 2.05) is 0 Å². The molecule has 0 aliphatic heterocycles. The van der Waals surface area contributed by atoms with E-state index >= 15 is 0 Å². The maximum Gasteiger partial charge on any atom is 0.0854 e. The van der Waals surface area contributed by atoms with Gasteiger partial charge in [-0.15, -0.1) is 0 Å². The second kappa shape index (κ2) is 13.3. The first-order chi connectivity index (χ1) is 17.8. The summed E-state index contributed by atoms with van der Waals surface area (Å²) in [4.78, 5) is 0. The standard InChI is InChI=1S/C32H40INO2Si/c1-37(2,3)31(33)29-19-32(24-35-22-27-15-9-5-10-16-27,25-36-23-28-17-11-6-12-18-28)20-30(29)34-21-26-13-7-4-8-14-26/h4-18,30,34H,19-25H2,1-3H3/b31-29-. The van der Waals surface area contributed by atoms with Crippen molar-refractivity contribution in [3.05, 3.63) is 116 Å². The van der Waals surface area contributed by atoms with Gasteiger partial charge in [0.1, 0.15) is 0 Å². The molecule has 1 N–H and O–H groups in total. The molecule has 1 saturated carbocycles. The van der Waals surface area contributed by atoms with Crippen molar-refractivity contribution in [3.63, 3.8) is 0 Å². The number of hydrogen-bond acceptors (Lipinski definition) is 3. The Morgan fingerprint density at radius 2 is 1.24 bits per heavy atom. The van der Waals surface area contributed by atoms with Gasteiger partial charge in [0.05, 0.1) is 34.5 Å². The Labute approximate surface area is 237 Å². The largest absolute Gasteiger partial charge is 0.376 e. The van der Waals surface area contributed by atoms with Crippen molar-refractivity contribution in [2.24, 2.45) is 5.41 Å². The van der Waals surface area contributed by atoms with Gasteiger partial charge in [-0.3, -0.25) is 0 Å². The van der Waals surface area contributed by atoms with E-state index < -0.39 is 8.07 Å². The van der Waals surface area contributed by atoms with Gasteiger partial charge < -0.3 is 14.8 Å². The van der Waals surface area contributed by atoms with Gasteiger partial charge in [-0.05, 0) is 38.3 Å². The third-order valence-electron chi connectivity index (χ3n) is 7.00. The fraction of sp³-hybridized carbons (Fsp3) is 0.375. The van der Waals surface area contributed by atoms with Crippen molar-refractivity contribution in [1.82, 2.24) is 5.32 Å². The van der Waals surface area contributed by atoms with Gasteiger partial charge in [0.25, 0.3) is 0 Å². The number of ether oxygens (including phenoxy) is 2. The lowest BCUT2D eigenvalue weighted by Gasteiger charge is -2.29. The van der Waals surface area contributed by atoms with Crippen LogP contribution in [0.3, 0.4) is 0 Å². The summed E-state index contributed by atoms with van der Waals surface area (Å²) in [5.74, 6) is 0. The van der Waals surface area contributed by atoms with Crippen molar-refractivity contribution in [3.8, 4) is 0 Å². The quantitative estimate of drug-likeness (QED) is 0.164. The zero-order chi connectivity index (χ0) is 26.1. The lowest BCUT2D eigenvalue weighted by atomic mass is 9.87. The van der Waals surface area contributed by atoms with Gasteiger partial charge in [0, 0.05) is 18.0 Å². The van der Waals surface area contributed by atoms with Crippen molar-refractivity contribution >= 4 is 30.7 Å². The Kier molecular flexibility index (Phi) is 10.2. The summed E-state index contributed by atoms with van der Waals surface area (Å²) < 4.78 is 14.4. The molecule has 0 aromatic heterocycles. The molecule has 0 heterocycles. The summed E-state index contributed by atoms with van der Waals surface area (Å²) in [5, 5.41) is 3.92. The lowest BCUT2D eigenvalue weighted by Crippen LogP contribution is -2.34. The summed E-state index contributed by atoms with van der Waals surface area (Å²) in [6, 6.07) is 32.0. The van der Waals surface area contributed by atoms with Gasteiger partial charge >= 0.3 is 0 Å². The maximum atomic E-state index is 6.41. The molecule has 3 aromatic rings. The second-order valence-electron chi connectivity index (χ2n) is 11.3. The molecule has 1 aliphatic carbocycles. The Morgan fingerprint density at radius 3 is 1.70 bits per heavy atom. The highest BCUT2D eigenvalue weighted by Gasteiger charge is 2.44. The van der Waals surface area contributed by atoms with Crippen molar-refractivity contribution in [2.75, 3.05) is 13.2 Å². The van der Waals surface area contributed by atoms with Crippen molar-refractivity contribution in [1.29, 1.82) is 0 Å². The Balaban J connectivity index is 1.54. The van der Waals surface area contributed by atoms with Crippen molar-refractivity contribution < 1.29 is 9.47 Å². The number of nitrogens with one attached hydrogen (secondary N) is 1. The van der Waals surface area contributed by atoms with Crippen LogP contribution in [0.2, 0.25) is 19.6 Å². The molecule has 0 saturated heterocycles. The lowest BCUT2D eigenvalue weighted by molar-refractivity contribution is -0.0297. The van der Waals surface area contributed by atoms with Crippen LogP contribution in [0.5, 0.6) is 0 Å². The van der Waals surface area contributed by atoms with Gasteiger partial charge in [-0.1, -0.05) is 133 Å². The molecule has 3 aromatic carbocycles. The molecule has 0 radical (unpaired) electrons. The monoisotopic (exact) mass is 625 g/mol. The van der Waals surface area contributed by atoms with E-state index in [2.05, 4.69) is 139 Å². The van der Waals surface area contributed by atoms with E-state index in [0.29, 0.717) is 32.5 Å². The highest BCUT2D eigenvalue weighted by atomic mass is 127.